The standard InChI is InChI=1S/C16H11F2NO2/c1-19-9-15(10-3-2-4-12(7-10)21-18)14-8-11(17)5-6-13(14)16(19)20/h2-9H,1H3. The van der Waals surface area contributed by atoms with Gasteiger partial charge < -0.3 is 4.57 Å². The van der Waals surface area contributed by atoms with Crippen molar-refractivity contribution in [3.8, 4) is 16.9 Å². The number of fused-ring (bicyclic) bond motifs is 1. The maximum Gasteiger partial charge on any atom is 0.258 e. The number of benzene rings is 2. The van der Waals surface area contributed by atoms with E-state index in [1.807, 2.05) is 0 Å². The molecule has 3 rings (SSSR count). The van der Waals surface area contributed by atoms with Crippen molar-refractivity contribution >= 4 is 10.8 Å². The predicted molar refractivity (Wildman–Crippen MR) is 76.3 cm³/mol. The van der Waals surface area contributed by atoms with Crippen LogP contribution in [0.15, 0.2) is 53.5 Å². The van der Waals surface area contributed by atoms with Crippen LogP contribution in [0.3, 0.4) is 0 Å². The molecule has 2 aromatic carbocycles. The normalized spacial score (nSPS) is 10.8. The molecular formula is C16H11F2NO2. The van der Waals surface area contributed by atoms with Crippen LogP contribution in [-0.4, -0.2) is 4.57 Å². The van der Waals surface area contributed by atoms with E-state index in [4.69, 9.17) is 0 Å². The Kier molecular flexibility index (Phi) is 3.17. The first-order valence-corrected chi connectivity index (χ1v) is 6.28. The molecule has 0 saturated heterocycles. The average molecular weight is 287 g/mol. The third kappa shape index (κ3) is 2.27. The highest BCUT2D eigenvalue weighted by atomic mass is 19.3. The summed E-state index contributed by atoms with van der Waals surface area (Å²) >= 11 is 0. The van der Waals surface area contributed by atoms with Gasteiger partial charge in [0.25, 0.3) is 5.56 Å². The molecule has 21 heavy (non-hydrogen) atoms. The zero-order valence-electron chi connectivity index (χ0n) is 11.1. The van der Waals surface area contributed by atoms with Gasteiger partial charge in [-0.25, -0.2) is 4.39 Å². The molecule has 0 amide bonds. The number of halogens is 2. The summed E-state index contributed by atoms with van der Waals surface area (Å²) in [5, 5.41) is 0.886. The number of rotatable bonds is 2. The highest BCUT2D eigenvalue weighted by Gasteiger charge is 2.11. The summed E-state index contributed by atoms with van der Waals surface area (Å²) in [6.07, 6.45) is 1.60. The van der Waals surface area contributed by atoms with Crippen molar-refractivity contribution in [3.63, 3.8) is 0 Å². The SMILES string of the molecule is Cn1cc(-c2cccc(OF)c2)c2cc(F)ccc2c1=O. The van der Waals surface area contributed by atoms with Crippen LogP contribution in [0.2, 0.25) is 0 Å². The minimum atomic E-state index is -0.435. The third-order valence-electron chi connectivity index (χ3n) is 3.38. The highest BCUT2D eigenvalue weighted by molar-refractivity contribution is 5.96. The number of pyridine rings is 1. The van der Waals surface area contributed by atoms with Crippen LogP contribution in [0.1, 0.15) is 0 Å². The van der Waals surface area contributed by atoms with Gasteiger partial charge in [-0.05, 0) is 41.3 Å². The monoisotopic (exact) mass is 287 g/mol. The largest absolute Gasteiger partial charge is 0.317 e. The Hall–Kier alpha value is -2.69. The maximum atomic E-state index is 13.5. The fourth-order valence-corrected chi connectivity index (χ4v) is 2.38. The molecule has 0 fully saturated rings. The number of hydrogen-bond acceptors (Lipinski definition) is 2. The first kappa shape index (κ1) is 13.3. The lowest BCUT2D eigenvalue weighted by Crippen LogP contribution is -2.16. The molecule has 0 radical (unpaired) electrons. The van der Waals surface area contributed by atoms with E-state index < -0.39 is 5.82 Å². The maximum absolute atomic E-state index is 13.5. The van der Waals surface area contributed by atoms with Crippen molar-refractivity contribution in [1.82, 2.24) is 4.57 Å². The number of aromatic nitrogens is 1. The van der Waals surface area contributed by atoms with Gasteiger partial charge in [-0.15, -0.1) is 0 Å². The molecule has 5 heteroatoms. The molecule has 0 spiro atoms. The lowest BCUT2D eigenvalue weighted by Gasteiger charge is -2.10. The van der Waals surface area contributed by atoms with Gasteiger partial charge in [-0.2, -0.15) is 0 Å². The van der Waals surface area contributed by atoms with Gasteiger partial charge in [0.1, 0.15) is 5.82 Å². The molecule has 0 bridgehead atoms. The van der Waals surface area contributed by atoms with Gasteiger partial charge in [0.2, 0.25) is 0 Å². The molecule has 0 unspecified atom stereocenters. The van der Waals surface area contributed by atoms with Crippen molar-refractivity contribution in [1.29, 1.82) is 0 Å². The van der Waals surface area contributed by atoms with Crippen molar-refractivity contribution in [2.45, 2.75) is 0 Å². The van der Waals surface area contributed by atoms with Gasteiger partial charge in [0.15, 0.2) is 5.75 Å². The Bertz CT molecular complexity index is 887. The third-order valence-corrected chi connectivity index (χ3v) is 3.38. The molecule has 3 nitrogen and oxygen atoms in total. The number of nitrogens with zero attached hydrogens (tertiary/aromatic N) is 1. The summed E-state index contributed by atoms with van der Waals surface area (Å²) in [5.41, 5.74) is 1.05. The first-order valence-electron chi connectivity index (χ1n) is 6.28. The topological polar surface area (TPSA) is 31.2 Å². The van der Waals surface area contributed by atoms with Crippen molar-refractivity contribution in [3.05, 3.63) is 64.8 Å². The average Bonchev–Trinajstić information content (AvgIpc) is 2.50. The molecule has 0 aliphatic heterocycles. The minimum Gasteiger partial charge on any atom is -0.317 e. The Labute approximate surface area is 118 Å². The lowest BCUT2D eigenvalue weighted by molar-refractivity contribution is -0.00614. The Balaban J connectivity index is 2.38. The van der Waals surface area contributed by atoms with Crippen molar-refractivity contribution in [2.75, 3.05) is 0 Å². The second-order valence-electron chi connectivity index (χ2n) is 4.75. The fraction of sp³-hybridized carbons (Fsp3) is 0.0625. The smallest absolute Gasteiger partial charge is 0.258 e. The molecule has 0 saturated carbocycles. The summed E-state index contributed by atoms with van der Waals surface area (Å²) in [7, 11) is 1.62. The summed E-state index contributed by atoms with van der Waals surface area (Å²) < 4.78 is 27.3. The number of hydrogen-bond donors (Lipinski definition) is 0. The molecule has 0 aliphatic carbocycles. The summed E-state index contributed by atoms with van der Waals surface area (Å²) in [5.74, 6) is -0.388. The zero-order chi connectivity index (χ0) is 15.0. The van der Waals surface area contributed by atoms with Gasteiger partial charge in [0.05, 0.1) is 0 Å². The summed E-state index contributed by atoms with van der Waals surface area (Å²) in [6.45, 7) is 0. The second-order valence-corrected chi connectivity index (χ2v) is 4.75. The highest BCUT2D eigenvalue weighted by Crippen LogP contribution is 2.29. The fourth-order valence-electron chi connectivity index (χ4n) is 2.38. The minimum absolute atomic E-state index is 0.0471. The lowest BCUT2D eigenvalue weighted by atomic mass is 10.0. The van der Waals surface area contributed by atoms with E-state index >= 15 is 0 Å². The molecule has 106 valence electrons. The van der Waals surface area contributed by atoms with Gasteiger partial charge in [0, 0.05) is 28.7 Å². The summed E-state index contributed by atoms with van der Waals surface area (Å²) in [6, 6.07) is 10.3. The van der Waals surface area contributed by atoms with Crippen LogP contribution in [0.5, 0.6) is 5.75 Å². The van der Waals surface area contributed by atoms with E-state index in [2.05, 4.69) is 4.94 Å². The van der Waals surface area contributed by atoms with Gasteiger partial charge in [-0.3, -0.25) is 9.74 Å². The van der Waals surface area contributed by atoms with Crippen molar-refractivity contribution < 1.29 is 13.9 Å². The van der Waals surface area contributed by atoms with Crippen LogP contribution in [-0.2, 0) is 7.05 Å². The first-order chi connectivity index (χ1) is 10.1. The Morgan fingerprint density at radius 3 is 2.67 bits per heavy atom. The predicted octanol–water partition coefficient (Wildman–Crippen LogP) is 3.61. The summed E-state index contributed by atoms with van der Waals surface area (Å²) in [4.78, 5) is 15.8. The van der Waals surface area contributed by atoms with Crippen LogP contribution >= 0.6 is 0 Å². The van der Waals surface area contributed by atoms with Crippen LogP contribution in [0.25, 0.3) is 21.9 Å². The quantitative estimate of drug-likeness (QED) is 0.721. The molecule has 1 heterocycles. The Morgan fingerprint density at radius 2 is 1.90 bits per heavy atom. The van der Waals surface area contributed by atoms with E-state index in [1.54, 1.807) is 25.4 Å². The molecule has 0 atom stereocenters. The Morgan fingerprint density at radius 1 is 1.10 bits per heavy atom. The van der Waals surface area contributed by atoms with E-state index in [-0.39, 0.29) is 11.3 Å². The van der Waals surface area contributed by atoms with E-state index in [9.17, 15) is 13.7 Å². The van der Waals surface area contributed by atoms with E-state index in [0.29, 0.717) is 21.9 Å². The molecule has 3 aromatic rings. The van der Waals surface area contributed by atoms with Gasteiger partial charge in [-0.1, -0.05) is 12.1 Å². The molecule has 1 aromatic heterocycles. The van der Waals surface area contributed by atoms with Crippen LogP contribution in [0, 0.1) is 5.82 Å². The zero-order valence-corrected chi connectivity index (χ0v) is 11.1. The molecule has 0 aliphatic rings. The van der Waals surface area contributed by atoms with Crippen LogP contribution in [0.4, 0.5) is 8.92 Å². The van der Waals surface area contributed by atoms with E-state index in [1.165, 1.54) is 34.9 Å². The molecule has 0 N–H and O–H groups in total. The second kappa shape index (κ2) is 5.01. The van der Waals surface area contributed by atoms with Crippen LogP contribution < -0.4 is 10.5 Å². The van der Waals surface area contributed by atoms with E-state index in [0.717, 1.165) is 0 Å². The van der Waals surface area contributed by atoms with Crippen molar-refractivity contribution in [2.24, 2.45) is 7.05 Å². The number of aryl methyl sites for hydroxylation is 1. The van der Waals surface area contributed by atoms with Gasteiger partial charge >= 0.3 is 0 Å². The molecular weight excluding hydrogens is 276 g/mol.